The summed E-state index contributed by atoms with van der Waals surface area (Å²) in [7, 11) is 3.02. The number of ether oxygens (including phenoxy) is 2. The Morgan fingerprint density at radius 3 is 2.35 bits per heavy atom. The van der Waals surface area contributed by atoms with E-state index in [-0.39, 0.29) is 5.69 Å². The van der Waals surface area contributed by atoms with E-state index in [9.17, 15) is 8.78 Å². The highest BCUT2D eigenvalue weighted by molar-refractivity contribution is 5.94. The third-order valence-electron chi connectivity index (χ3n) is 2.92. The molecule has 2 aromatic rings. The van der Waals surface area contributed by atoms with Crippen molar-refractivity contribution in [2.24, 2.45) is 0 Å². The first kappa shape index (κ1) is 14.3. The molecule has 0 aliphatic carbocycles. The number of rotatable bonds is 5. The molecule has 1 heterocycles. The van der Waals surface area contributed by atoms with Crippen LogP contribution in [0.2, 0.25) is 0 Å². The summed E-state index contributed by atoms with van der Waals surface area (Å²) in [6.07, 6.45) is -2.62. The third kappa shape index (κ3) is 2.59. The average molecular weight is 282 g/mol. The first-order chi connectivity index (χ1) is 9.60. The fourth-order valence-electron chi connectivity index (χ4n) is 2.02. The highest BCUT2D eigenvalue weighted by atomic mass is 19.3. The molecule has 0 bridgehead atoms. The van der Waals surface area contributed by atoms with Gasteiger partial charge < -0.3 is 14.8 Å². The number of hydrogen-bond donors (Lipinski definition) is 1. The molecule has 0 spiro atoms. The van der Waals surface area contributed by atoms with Gasteiger partial charge in [0.15, 0.2) is 11.5 Å². The van der Waals surface area contributed by atoms with E-state index in [1.807, 2.05) is 6.92 Å². The van der Waals surface area contributed by atoms with E-state index in [0.717, 1.165) is 0 Å². The van der Waals surface area contributed by atoms with E-state index < -0.39 is 6.43 Å². The van der Waals surface area contributed by atoms with Crippen molar-refractivity contribution < 1.29 is 18.3 Å². The predicted molar refractivity (Wildman–Crippen MR) is 74.0 cm³/mol. The van der Waals surface area contributed by atoms with Gasteiger partial charge in [0, 0.05) is 23.7 Å². The molecule has 0 aliphatic heterocycles. The second kappa shape index (κ2) is 5.90. The highest BCUT2D eigenvalue weighted by Crippen LogP contribution is 2.36. The maximum Gasteiger partial charge on any atom is 0.280 e. The lowest BCUT2D eigenvalue weighted by Crippen LogP contribution is -2.02. The molecule has 1 aromatic heterocycles. The van der Waals surface area contributed by atoms with Crippen molar-refractivity contribution in [2.45, 2.75) is 13.3 Å². The van der Waals surface area contributed by atoms with Gasteiger partial charge in [0.1, 0.15) is 5.69 Å². The minimum atomic E-state index is -2.62. The van der Waals surface area contributed by atoms with Crippen molar-refractivity contribution in [3.63, 3.8) is 0 Å². The summed E-state index contributed by atoms with van der Waals surface area (Å²) in [5, 5.41) is 3.78. The Labute approximate surface area is 115 Å². The van der Waals surface area contributed by atoms with Gasteiger partial charge >= 0.3 is 0 Å². The van der Waals surface area contributed by atoms with Gasteiger partial charge in [-0.3, -0.25) is 0 Å². The summed E-state index contributed by atoms with van der Waals surface area (Å²) in [6, 6.07) is 4.69. The molecule has 4 nitrogen and oxygen atoms in total. The molecule has 2 rings (SSSR count). The Kier molecular flexibility index (Phi) is 4.22. The van der Waals surface area contributed by atoms with Crippen molar-refractivity contribution in [1.29, 1.82) is 0 Å². The van der Waals surface area contributed by atoms with E-state index in [4.69, 9.17) is 9.47 Å². The first-order valence-electron chi connectivity index (χ1n) is 6.19. The van der Waals surface area contributed by atoms with Gasteiger partial charge in [-0.25, -0.2) is 13.8 Å². The summed E-state index contributed by atoms with van der Waals surface area (Å²) in [5.41, 5.74) is 0.783. The fourth-order valence-corrected chi connectivity index (χ4v) is 2.02. The van der Waals surface area contributed by atoms with E-state index in [1.165, 1.54) is 20.3 Å². The second-order valence-corrected chi connectivity index (χ2v) is 4.15. The lowest BCUT2D eigenvalue weighted by atomic mass is 10.1. The number of fused-ring (bicyclic) bond motifs is 1. The van der Waals surface area contributed by atoms with Crippen molar-refractivity contribution in [3.05, 3.63) is 23.9 Å². The summed E-state index contributed by atoms with van der Waals surface area (Å²) in [4.78, 5) is 3.98. The quantitative estimate of drug-likeness (QED) is 0.909. The lowest BCUT2D eigenvalue weighted by molar-refractivity contribution is 0.146. The van der Waals surface area contributed by atoms with Crippen LogP contribution in [0.15, 0.2) is 18.2 Å². The number of nitrogens with one attached hydrogen (secondary N) is 1. The molecule has 0 radical (unpaired) electrons. The fraction of sp³-hybridized carbons (Fsp3) is 0.357. The lowest BCUT2D eigenvalue weighted by Gasteiger charge is -2.13. The third-order valence-corrected chi connectivity index (χ3v) is 2.92. The summed E-state index contributed by atoms with van der Waals surface area (Å²) in [5.74, 6) is 0.993. The van der Waals surface area contributed by atoms with Crippen LogP contribution in [0.25, 0.3) is 10.9 Å². The minimum absolute atomic E-state index is 0.263. The summed E-state index contributed by atoms with van der Waals surface area (Å²) in [6.45, 7) is 2.52. The van der Waals surface area contributed by atoms with Gasteiger partial charge in [-0.2, -0.15) is 0 Å². The van der Waals surface area contributed by atoms with Crippen molar-refractivity contribution in [2.75, 3.05) is 26.1 Å². The minimum Gasteiger partial charge on any atom is -0.493 e. The zero-order valence-electron chi connectivity index (χ0n) is 11.5. The monoisotopic (exact) mass is 282 g/mol. The first-order valence-corrected chi connectivity index (χ1v) is 6.19. The molecule has 6 heteroatoms. The molecule has 0 saturated heterocycles. The zero-order chi connectivity index (χ0) is 14.7. The molecular weight excluding hydrogens is 266 g/mol. The van der Waals surface area contributed by atoms with Crippen LogP contribution >= 0.6 is 0 Å². The number of aromatic nitrogens is 1. The maximum absolute atomic E-state index is 12.9. The largest absolute Gasteiger partial charge is 0.493 e. The Morgan fingerprint density at radius 1 is 1.15 bits per heavy atom. The van der Waals surface area contributed by atoms with Gasteiger partial charge in [-0.15, -0.1) is 0 Å². The number of nitrogens with zero attached hydrogens (tertiary/aromatic N) is 1. The Morgan fingerprint density at radius 2 is 1.80 bits per heavy atom. The molecule has 1 aromatic carbocycles. The topological polar surface area (TPSA) is 43.4 Å². The smallest absolute Gasteiger partial charge is 0.280 e. The van der Waals surface area contributed by atoms with Crippen molar-refractivity contribution in [3.8, 4) is 11.5 Å². The van der Waals surface area contributed by atoms with Crippen LogP contribution in [-0.2, 0) is 0 Å². The molecule has 1 N–H and O–H groups in total. The van der Waals surface area contributed by atoms with Crippen LogP contribution in [-0.4, -0.2) is 25.7 Å². The van der Waals surface area contributed by atoms with Gasteiger partial charge in [-0.1, -0.05) is 0 Å². The number of benzene rings is 1. The van der Waals surface area contributed by atoms with Gasteiger partial charge in [0.25, 0.3) is 6.43 Å². The summed E-state index contributed by atoms with van der Waals surface area (Å²) >= 11 is 0. The van der Waals surface area contributed by atoms with Gasteiger partial charge in [0.2, 0.25) is 0 Å². The van der Waals surface area contributed by atoms with Crippen LogP contribution in [0.3, 0.4) is 0 Å². The molecule has 0 fully saturated rings. The normalized spacial score (nSPS) is 10.9. The number of anilines is 1. The second-order valence-electron chi connectivity index (χ2n) is 4.15. The van der Waals surface area contributed by atoms with Crippen LogP contribution in [0.5, 0.6) is 11.5 Å². The van der Waals surface area contributed by atoms with Gasteiger partial charge in [0.05, 0.1) is 19.7 Å². The molecule has 20 heavy (non-hydrogen) atoms. The van der Waals surface area contributed by atoms with E-state index in [2.05, 4.69) is 10.3 Å². The Balaban J connectivity index is 2.72. The summed E-state index contributed by atoms with van der Waals surface area (Å²) < 4.78 is 36.2. The van der Waals surface area contributed by atoms with Crippen LogP contribution in [0, 0.1) is 0 Å². The number of hydrogen-bond acceptors (Lipinski definition) is 4. The molecule has 108 valence electrons. The number of alkyl halides is 2. The van der Waals surface area contributed by atoms with E-state index in [1.54, 1.807) is 12.1 Å². The molecule has 0 atom stereocenters. The van der Waals surface area contributed by atoms with Crippen LogP contribution in [0.4, 0.5) is 14.5 Å². The predicted octanol–water partition coefficient (Wildman–Crippen LogP) is 3.62. The molecule has 0 amide bonds. The standard InChI is InChI=1S/C14H16F2N2O2/c1-4-17-9-6-11(14(15)16)18-10-7-13(20-3)12(19-2)5-8(9)10/h5-7,14H,4H2,1-3H3,(H,17,18). The van der Waals surface area contributed by atoms with Crippen molar-refractivity contribution in [1.82, 2.24) is 4.98 Å². The molecular formula is C14H16F2N2O2. The van der Waals surface area contributed by atoms with E-state index in [0.29, 0.717) is 34.6 Å². The Hall–Kier alpha value is -2.11. The SMILES string of the molecule is CCNc1cc(C(F)F)nc2cc(OC)c(OC)cc12. The van der Waals surface area contributed by atoms with Crippen molar-refractivity contribution >= 4 is 16.6 Å². The molecule has 0 saturated carbocycles. The maximum atomic E-state index is 12.9. The number of pyridine rings is 1. The van der Waals surface area contributed by atoms with Crippen LogP contribution < -0.4 is 14.8 Å². The Bertz CT molecular complexity index is 618. The average Bonchev–Trinajstić information content (AvgIpc) is 2.45. The van der Waals surface area contributed by atoms with E-state index >= 15 is 0 Å². The van der Waals surface area contributed by atoms with Gasteiger partial charge in [-0.05, 0) is 19.1 Å². The molecule has 0 unspecified atom stereocenters. The zero-order valence-corrected chi connectivity index (χ0v) is 11.5. The molecule has 0 aliphatic rings. The number of methoxy groups -OCH3 is 2. The number of halogens is 2. The highest BCUT2D eigenvalue weighted by Gasteiger charge is 2.15. The van der Waals surface area contributed by atoms with Crippen LogP contribution in [0.1, 0.15) is 19.0 Å².